The van der Waals surface area contributed by atoms with Gasteiger partial charge in [-0.1, -0.05) is 0 Å². The van der Waals surface area contributed by atoms with Crippen molar-refractivity contribution in [1.82, 2.24) is 4.72 Å². The summed E-state index contributed by atoms with van der Waals surface area (Å²) in [6.45, 7) is 3.89. The molecule has 0 aromatic rings. The maximum Gasteiger partial charge on any atom is 0.142 e. The Balaban J connectivity index is 2.87. The maximum atomic E-state index is 10.7. The zero-order chi connectivity index (χ0) is 6.85. The zero-order valence-corrected chi connectivity index (χ0v) is 6.29. The van der Waals surface area contributed by atoms with Crippen molar-refractivity contribution in [2.75, 3.05) is 0 Å². The Morgan fingerprint density at radius 1 is 1.56 bits per heavy atom. The van der Waals surface area contributed by atoms with E-state index in [1.54, 1.807) is 5.41 Å². The Labute approximate surface area is 57.2 Å². The molecular formula is C6H9NOS. The molecule has 0 saturated heterocycles. The van der Waals surface area contributed by atoms with Crippen molar-refractivity contribution in [2.45, 2.75) is 13.8 Å². The molecule has 0 bridgehead atoms. The molecule has 0 amide bonds. The van der Waals surface area contributed by atoms with Gasteiger partial charge in [0.25, 0.3) is 0 Å². The van der Waals surface area contributed by atoms with Crippen LogP contribution in [0.3, 0.4) is 0 Å². The number of hydrogen-bond acceptors (Lipinski definition) is 1. The van der Waals surface area contributed by atoms with Crippen LogP contribution in [0.25, 0.3) is 0 Å². The van der Waals surface area contributed by atoms with Crippen LogP contribution in [0.15, 0.2) is 22.8 Å². The zero-order valence-electron chi connectivity index (χ0n) is 5.47. The summed E-state index contributed by atoms with van der Waals surface area (Å²) in [6.07, 6.45) is 1.86. The molecule has 9 heavy (non-hydrogen) atoms. The minimum Gasteiger partial charge on any atom is -0.305 e. The summed E-state index contributed by atoms with van der Waals surface area (Å²) >= 11 is 0. The van der Waals surface area contributed by atoms with E-state index < -0.39 is 11.0 Å². The van der Waals surface area contributed by atoms with Crippen LogP contribution in [0.2, 0.25) is 0 Å². The van der Waals surface area contributed by atoms with E-state index in [0.717, 1.165) is 11.3 Å². The van der Waals surface area contributed by atoms with E-state index in [2.05, 4.69) is 4.72 Å². The van der Waals surface area contributed by atoms with E-state index in [-0.39, 0.29) is 0 Å². The Morgan fingerprint density at radius 3 is 2.67 bits per heavy atom. The first-order chi connectivity index (χ1) is 4.20. The van der Waals surface area contributed by atoms with Crippen LogP contribution in [0.4, 0.5) is 0 Å². The molecule has 0 aromatic carbocycles. The molecule has 1 aliphatic rings. The van der Waals surface area contributed by atoms with Gasteiger partial charge in [-0.3, -0.25) is 0 Å². The molecule has 1 rings (SSSR count). The van der Waals surface area contributed by atoms with Gasteiger partial charge in [-0.2, -0.15) is 0 Å². The van der Waals surface area contributed by atoms with Crippen LogP contribution in [-0.2, 0) is 11.0 Å². The highest BCUT2D eigenvalue weighted by Crippen LogP contribution is 2.07. The van der Waals surface area contributed by atoms with Gasteiger partial charge in [-0.15, -0.1) is 0 Å². The third-order valence-electron chi connectivity index (χ3n) is 1.29. The van der Waals surface area contributed by atoms with Gasteiger partial charge < -0.3 is 4.72 Å². The number of allylic oxidation sites excluding steroid dienone is 3. The molecule has 0 radical (unpaired) electrons. The first kappa shape index (κ1) is 6.55. The van der Waals surface area contributed by atoms with Crippen molar-refractivity contribution >= 4 is 11.0 Å². The van der Waals surface area contributed by atoms with Gasteiger partial charge in [0.1, 0.15) is 11.0 Å². The Morgan fingerprint density at radius 2 is 2.22 bits per heavy atom. The molecule has 0 saturated carbocycles. The molecule has 0 aromatic heterocycles. The van der Waals surface area contributed by atoms with Crippen LogP contribution in [0.5, 0.6) is 0 Å². The predicted octanol–water partition coefficient (Wildman–Crippen LogP) is 1.06. The molecule has 1 N–H and O–H groups in total. The molecule has 2 nitrogen and oxygen atoms in total. The topological polar surface area (TPSA) is 29.1 Å². The summed E-state index contributed by atoms with van der Waals surface area (Å²) in [6, 6.07) is 0. The second-order valence-electron chi connectivity index (χ2n) is 2.01. The summed E-state index contributed by atoms with van der Waals surface area (Å²) in [5, 5.41) is 1.64. The second-order valence-corrected chi connectivity index (χ2v) is 3.08. The normalized spacial score (nSPS) is 26.2. The smallest absolute Gasteiger partial charge is 0.142 e. The van der Waals surface area contributed by atoms with Crippen molar-refractivity contribution in [2.24, 2.45) is 0 Å². The SMILES string of the molecule is CC1=C(C)NS(=O)C=C1. The van der Waals surface area contributed by atoms with Crippen LogP contribution < -0.4 is 4.72 Å². The van der Waals surface area contributed by atoms with Crippen LogP contribution >= 0.6 is 0 Å². The molecule has 0 fully saturated rings. The average molecular weight is 143 g/mol. The Hall–Kier alpha value is -0.570. The molecule has 0 spiro atoms. The second kappa shape index (κ2) is 2.35. The van der Waals surface area contributed by atoms with Crippen molar-refractivity contribution in [1.29, 1.82) is 0 Å². The largest absolute Gasteiger partial charge is 0.305 e. The van der Waals surface area contributed by atoms with E-state index in [9.17, 15) is 4.21 Å². The van der Waals surface area contributed by atoms with Crippen molar-refractivity contribution < 1.29 is 4.21 Å². The quantitative estimate of drug-likeness (QED) is 0.539. The van der Waals surface area contributed by atoms with Crippen LogP contribution in [0.1, 0.15) is 13.8 Å². The summed E-state index contributed by atoms with van der Waals surface area (Å²) in [7, 11) is -0.979. The molecule has 1 unspecified atom stereocenters. The van der Waals surface area contributed by atoms with Gasteiger partial charge in [0.2, 0.25) is 0 Å². The fourth-order valence-electron chi connectivity index (χ4n) is 0.554. The lowest BCUT2D eigenvalue weighted by molar-refractivity contribution is 0.683. The van der Waals surface area contributed by atoms with E-state index in [1.165, 1.54) is 0 Å². The number of hydrogen-bond donors (Lipinski definition) is 1. The third kappa shape index (κ3) is 1.42. The highest BCUT2D eigenvalue weighted by Gasteiger charge is 2.01. The first-order valence-electron chi connectivity index (χ1n) is 2.73. The first-order valence-corrected chi connectivity index (χ1v) is 3.94. The van der Waals surface area contributed by atoms with E-state index in [1.807, 2.05) is 19.9 Å². The summed E-state index contributed by atoms with van der Waals surface area (Å²) < 4.78 is 13.5. The monoisotopic (exact) mass is 143 g/mol. The lowest BCUT2D eigenvalue weighted by Gasteiger charge is -2.09. The molecule has 1 aliphatic heterocycles. The third-order valence-corrected chi connectivity index (χ3v) is 2.18. The van der Waals surface area contributed by atoms with Gasteiger partial charge in [0.05, 0.1) is 0 Å². The molecular weight excluding hydrogens is 134 g/mol. The fourth-order valence-corrected chi connectivity index (χ4v) is 1.41. The summed E-state index contributed by atoms with van der Waals surface area (Å²) in [5.41, 5.74) is 2.14. The molecule has 50 valence electrons. The fraction of sp³-hybridized carbons (Fsp3) is 0.333. The number of rotatable bonds is 0. The minimum atomic E-state index is -0.979. The highest BCUT2D eigenvalue weighted by molar-refractivity contribution is 7.86. The van der Waals surface area contributed by atoms with Crippen molar-refractivity contribution in [3.05, 3.63) is 22.8 Å². The van der Waals surface area contributed by atoms with Gasteiger partial charge in [-0.05, 0) is 25.5 Å². The van der Waals surface area contributed by atoms with Gasteiger partial charge >= 0.3 is 0 Å². The lowest BCUT2D eigenvalue weighted by atomic mass is 10.2. The highest BCUT2D eigenvalue weighted by atomic mass is 32.2. The molecule has 1 heterocycles. The van der Waals surface area contributed by atoms with Gasteiger partial charge in [0.15, 0.2) is 0 Å². The summed E-state index contributed by atoms with van der Waals surface area (Å²) in [4.78, 5) is 0. The van der Waals surface area contributed by atoms with Gasteiger partial charge in [-0.25, -0.2) is 4.21 Å². The standard InChI is InChI=1S/C6H9NOS/c1-5-3-4-9(8)7-6(5)2/h3-4,7H,1-2H3. The molecule has 1 atom stereocenters. The molecule has 0 aliphatic carbocycles. The summed E-state index contributed by atoms with van der Waals surface area (Å²) in [5.74, 6) is 0. The van der Waals surface area contributed by atoms with E-state index >= 15 is 0 Å². The minimum absolute atomic E-state index is 0.979. The average Bonchev–Trinajstić information content (AvgIpc) is 1.80. The van der Waals surface area contributed by atoms with E-state index in [0.29, 0.717) is 0 Å². The Kier molecular flexibility index (Phi) is 1.71. The van der Waals surface area contributed by atoms with Crippen molar-refractivity contribution in [3.63, 3.8) is 0 Å². The van der Waals surface area contributed by atoms with Crippen LogP contribution in [0, 0.1) is 0 Å². The maximum absolute atomic E-state index is 10.7. The molecule has 3 heteroatoms. The van der Waals surface area contributed by atoms with Crippen LogP contribution in [-0.4, -0.2) is 4.21 Å². The predicted molar refractivity (Wildman–Crippen MR) is 38.8 cm³/mol. The van der Waals surface area contributed by atoms with Gasteiger partial charge in [0, 0.05) is 11.1 Å². The number of nitrogens with one attached hydrogen (secondary N) is 1. The lowest BCUT2D eigenvalue weighted by Crippen LogP contribution is -2.16. The Bertz CT molecular complexity index is 205. The van der Waals surface area contributed by atoms with Crippen molar-refractivity contribution in [3.8, 4) is 0 Å². The van der Waals surface area contributed by atoms with E-state index in [4.69, 9.17) is 0 Å².